The van der Waals surface area contributed by atoms with Gasteiger partial charge in [-0.25, -0.2) is 0 Å². The second kappa shape index (κ2) is 13.0. The summed E-state index contributed by atoms with van der Waals surface area (Å²) in [7, 11) is 1.34. The number of ether oxygens (including phenoxy) is 2. The van der Waals surface area contributed by atoms with Crippen LogP contribution in [-0.2, 0) is 23.8 Å². The molecule has 0 N–H and O–H groups in total. The van der Waals surface area contributed by atoms with Crippen LogP contribution in [-0.4, -0.2) is 60.2 Å². The topological polar surface area (TPSA) is 54.4 Å². The van der Waals surface area contributed by atoms with E-state index in [4.69, 9.17) is 9.47 Å². The number of aliphatic imine (C=N–C) groups is 1. The molecule has 6 nitrogen and oxygen atoms in total. The minimum atomic E-state index is -5.01. The molecule has 0 bridgehead atoms. The number of halogens is 6. The fraction of sp³-hybridized carbons (Fsp3) is 0.448. The van der Waals surface area contributed by atoms with Gasteiger partial charge in [0.1, 0.15) is 6.61 Å². The van der Waals surface area contributed by atoms with E-state index in [0.29, 0.717) is 27.7 Å². The Bertz CT molecular complexity index is 1350. The van der Waals surface area contributed by atoms with Crippen molar-refractivity contribution in [2.75, 3.05) is 33.3 Å². The van der Waals surface area contributed by atoms with Crippen molar-refractivity contribution in [1.82, 2.24) is 9.80 Å². The molecule has 0 saturated carbocycles. The van der Waals surface area contributed by atoms with Gasteiger partial charge < -0.3 is 14.4 Å². The Labute approximate surface area is 244 Å². The predicted octanol–water partition coefficient (Wildman–Crippen LogP) is 7.09. The van der Waals surface area contributed by atoms with Crippen molar-refractivity contribution >= 4 is 28.9 Å². The molecular weight excluding hydrogens is 584 g/mol. The molecule has 4 rings (SSSR count). The van der Waals surface area contributed by atoms with Crippen LogP contribution < -0.4 is 9.47 Å². The van der Waals surface area contributed by atoms with Crippen LogP contribution in [0.1, 0.15) is 48.9 Å². The summed E-state index contributed by atoms with van der Waals surface area (Å²) in [5, 5.41) is 0.651. The summed E-state index contributed by atoms with van der Waals surface area (Å²) >= 11 is 1.28. The molecule has 0 spiro atoms. The largest absolute Gasteiger partial charge is 0.493 e. The van der Waals surface area contributed by atoms with Crippen molar-refractivity contribution in [3.05, 3.63) is 63.6 Å². The zero-order valence-electron chi connectivity index (χ0n) is 23.3. The van der Waals surface area contributed by atoms with Gasteiger partial charge in [-0.2, -0.15) is 31.3 Å². The van der Waals surface area contributed by atoms with Gasteiger partial charge >= 0.3 is 12.4 Å². The van der Waals surface area contributed by atoms with E-state index in [-0.39, 0.29) is 23.5 Å². The van der Waals surface area contributed by atoms with Crippen LogP contribution in [0.3, 0.4) is 0 Å². The highest BCUT2D eigenvalue weighted by atomic mass is 32.2. The Balaban J connectivity index is 1.43. The predicted molar refractivity (Wildman–Crippen MR) is 149 cm³/mol. The minimum absolute atomic E-state index is 0.0741. The molecule has 1 amide bonds. The van der Waals surface area contributed by atoms with E-state index in [1.807, 2.05) is 0 Å². The SMILES string of the molecule is CCCC(C)N1CCN(C2=NC(=O)/C(=C\c3ccc(OCc4ccc(C(F)(F)F)cc4C(F)(F)F)c(OC)c3)S2)CC1. The maximum absolute atomic E-state index is 13.5. The Hall–Kier alpha value is -3.19. The first-order valence-corrected chi connectivity index (χ1v) is 14.2. The first-order valence-electron chi connectivity index (χ1n) is 13.4. The number of rotatable bonds is 8. The fourth-order valence-electron chi connectivity index (χ4n) is 4.83. The summed E-state index contributed by atoms with van der Waals surface area (Å²) in [5.74, 6) is -0.0954. The number of hydrogen-bond acceptors (Lipinski definition) is 6. The van der Waals surface area contributed by atoms with E-state index >= 15 is 0 Å². The van der Waals surface area contributed by atoms with Gasteiger partial charge in [0.25, 0.3) is 5.91 Å². The summed E-state index contributed by atoms with van der Waals surface area (Å²) < 4.78 is 90.2. The van der Waals surface area contributed by atoms with Crippen molar-refractivity contribution in [2.45, 2.75) is 51.7 Å². The summed E-state index contributed by atoms with van der Waals surface area (Å²) in [5.41, 5.74) is -2.71. The number of carbonyl (C=O) groups excluding carboxylic acids is 1. The van der Waals surface area contributed by atoms with E-state index in [0.717, 1.165) is 45.1 Å². The Morgan fingerprint density at radius 3 is 2.33 bits per heavy atom. The van der Waals surface area contributed by atoms with Crippen molar-refractivity contribution in [2.24, 2.45) is 4.99 Å². The zero-order valence-corrected chi connectivity index (χ0v) is 24.1. The highest BCUT2D eigenvalue weighted by molar-refractivity contribution is 8.18. The van der Waals surface area contributed by atoms with Gasteiger partial charge in [-0.15, -0.1) is 0 Å². The molecule has 1 fully saturated rings. The number of amides is 1. The van der Waals surface area contributed by atoms with Crippen LogP contribution in [0.25, 0.3) is 6.08 Å². The number of benzene rings is 2. The molecule has 0 aliphatic carbocycles. The number of amidine groups is 1. The van der Waals surface area contributed by atoms with Crippen molar-refractivity contribution in [3.8, 4) is 11.5 Å². The van der Waals surface area contributed by atoms with E-state index < -0.39 is 35.6 Å². The number of nitrogens with zero attached hydrogens (tertiary/aromatic N) is 3. The summed E-state index contributed by atoms with van der Waals surface area (Å²) in [4.78, 5) is 21.8. The van der Waals surface area contributed by atoms with Crippen LogP contribution >= 0.6 is 11.8 Å². The Kier molecular flexibility index (Phi) is 9.81. The second-order valence-electron chi connectivity index (χ2n) is 10.0. The van der Waals surface area contributed by atoms with Gasteiger partial charge in [-0.3, -0.25) is 9.69 Å². The number of thioether (sulfide) groups is 1. The van der Waals surface area contributed by atoms with E-state index in [2.05, 4.69) is 28.6 Å². The minimum Gasteiger partial charge on any atom is -0.493 e. The molecule has 2 aromatic carbocycles. The van der Waals surface area contributed by atoms with Crippen LogP contribution in [0.5, 0.6) is 11.5 Å². The number of piperazine rings is 1. The molecule has 2 aliphatic heterocycles. The molecule has 0 radical (unpaired) electrons. The number of hydrogen-bond donors (Lipinski definition) is 0. The Morgan fingerprint density at radius 1 is 1.00 bits per heavy atom. The van der Waals surface area contributed by atoms with Crippen molar-refractivity contribution in [3.63, 3.8) is 0 Å². The van der Waals surface area contributed by atoms with E-state index in [9.17, 15) is 31.1 Å². The highest BCUT2D eigenvalue weighted by Gasteiger charge is 2.38. The molecule has 2 heterocycles. The summed E-state index contributed by atoms with van der Waals surface area (Å²) in [6.07, 6.45) is -6.01. The molecule has 1 unspecified atom stereocenters. The van der Waals surface area contributed by atoms with Crippen LogP contribution in [0.4, 0.5) is 26.3 Å². The average molecular weight is 616 g/mol. The van der Waals surface area contributed by atoms with Gasteiger partial charge in [-0.05, 0) is 61.0 Å². The molecule has 1 saturated heterocycles. The quantitative estimate of drug-likeness (QED) is 0.234. The summed E-state index contributed by atoms with van der Waals surface area (Å²) in [6.45, 7) is 7.09. The first kappa shape index (κ1) is 31.7. The number of methoxy groups -OCH3 is 1. The monoisotopic (exact) mass is 615 g/mol. The lowest BCUT2D eigenvalue weighted by Gasteiger charge is -2.38. The smallest absolute Gasteiger partial charge is 0.416 e. The molecule has 2 aromatic rings. The van der Waals surface area contributed by atoms with Crippen LogP contribution in [0.15, 0.2) is 46.3 Å². The molecule has 228 valence electrons. The molecule has 0 aromatic heterocycles. The first-order chi connectivity index (χ1) is 19.8. The van der Waals surface area contributed by atoms with Gasteiger partial charge in [0.2, 0.25) is 0 Å². The molecular formula is C29H31F6N3O3S. The second-order valence-corrected chi connectivity index (χ2v) is 11.0. The van der Waals surface area contributed by atoms with Gasteiger partial charge in [0, 0.05) is 37.8 Å². The maximum atomic E-state index is 13.5. The molecule has 42 heavy (non-hydrogen) atoms. The third kappa shape index (κ3) is 7.60. The van der Waals surface area contributed by atoms with Crippen LogP contribution in [0.2, 0.25) is 0 Å². The molecule has 1 atom stereocenters. The van der Waals surface area contributed by atoms with Crippen molar-refractivity contribution < 1.29 is 40.6 Å². The Morgan fingerprint density at radius 2 is 1.71 bits per heavy atom. The number of alkyl halides is 6. The maximum Gasteiger partial charge on any atom is 0.416 e. The van der Waals surface area contributed by atoms with Crippen molar-refractivity contribution in [1.29, 1.82) is 0 Å². The fourth-order valence-corrected chi connectivity index (χ4v) is 5.80. The normalized spacial score (nSPS) is 18.4. The number of carbonyl (C=O) groups is 1. The lowest BCUT2D eigenvalue weighted by atomic mass is 10.0. The van der Waals surface area contributed by atoms with Gasteiger partial charge in [-0.1, -0.05) is 25.5 Å². The van der Waals surface area contributed by atoms with Gasteiger partial charge in [0.05, 0.1) is 23.1 Å². The third-order valence-corrected chi connectivity index (χ3v) is 8.18. The highest BCUT2D eigenvalue weighted by Crippen LogP contribution is 2.39. The van der Waals surface area contributed by atoms with Crippen LogP contribution in [0, 0.1) is 0 Å². The zero-order chi connectivity index (χ0) is 30.7. The van der Waals surface area contributed by atoms with E-state index in [1.165, 1.54) is 24.9 Å². The average Bonchev–Trinajstić information content (AvgIpc) is 3.31. The molecule has 13 heteroatoms. The third-order valence-electron chi connectivity index (χ3n) is 7.14. The standard InChI is InChI=1S/C29H31F6N3O3S/c1-4-5-18(2)37-10-12-38(13-11-37)27-36-26(39)25(42-27)15-19-6-9-23(24(14-19)40-3)41-17-20-7-8-21(28(30,31)32)16-22(20)29(33,34)35/h6-9,14-16,18H,4-5,10-13,17H2,1-3H3/b25-15+. The van der Waals surface area contributed by atoms with E-state index in [1.54, 1.807) is 18.2 Å². The lowest BCUT2D eigenvalue weighted by molar-refractivity contribution is -0.143. The lowest BCUT2D eigenvalue weighted by Crippen LogP contribution is -2.50. The van der Waals surface area contributed by atoms with Gasteiger partial charge in [0.15, 0.2) is 16.7 Å². The molecule has 2 aliphatic rings. The summed E-state index contributed by atoms with van der Waals surface area (Å²) in [6, 6.07) is 6.54.